The first-order chi connectivity index (χ1) is 13.9. The highest BCUT2D eigenvalue weighted by Crippen LogP contribution is 2.17. The smallest absolute Gasteiger partial charge is 0.407 e. The molecule has 8 heteroatoms. The maximum Gasteiger partial charge on any atom is 0.407 e. The summed E-state index contributed by atoms with van der Waals surface area (Å²) in [5, 5.41) is 9.14. The normalized spacial score (nSPS) is 15.4. The molecule has 3 N–H and O–H groups in total. The summed E-state index contributed by atoms with van der Waals surface area (Å²) in [4.78, 5) is 22.8. The molecule has 29 heavy (non-hydrogen) atoms. The average molecular weight is 405 g/mol. The van der Waals surface area contributed by atoms with Crippen molar-refractivity contribution in [1.29, 1.82) is 0 Å². The van der Waals surface area contributed by atoms with Crippen LogP contribution < -0.4 is 20.9 Å². The van der Waals surface area contributed by atoms with E-state index in [1.807, 2.05) is 27.0 Å². The molecular weight excluding hydrogens is 368 g/mol. The number of pyridine rings is 1. The predicted octanol–water partition coefficient (Wildman–Crippen LogP) is 2.65. The molecule has 8 nitrogen and oxygen atoms in total. The van der Waals surface area contributed by atoms with E-state index in [1.54, 1.807) is 7.05 Å². The molecule has 0 aromatic carbocycles. The molecule has 0 spiro atoms. The third-order valence-electron chi connectivity index (χ3n) is 4.51. The van der Waals surface area contributed by atoms with Gasteiger partial charge in [0.2, 0.25) is 0 Å². The standard InChI is InChI=1S/C21H36N6O2/c1-21(2,3)29-20(28)24-12-11-23-19(22-4)26-16-17-9-10-18(25-15-17)27-13-7-5-6-8-14-27/h9-10,15H,5-8,11-14,16H2,1-4H3,(H,24,28)(H2,22,23,26). The lowest BCUT2D eigenvalue weighted by atomic mass is 10.2. The Morgan fingerprint density at radius 1 is 1.10 bits per heavy atom. The summed E-state index contributed by atoms with van der Waals surface area (Å²) < 4.78 is 5.20. The van der Waals surface area contributed by atoms with Crippen molar-refractivity contribution in [3.8, 4) is 0 Å². The van der Waals surface area contributed by atoms with Crippen LogP contribution in [0.25, 0.3) is 0 Å². The second-order valence-corrected chi connectivity index (χ2v) is 8.21. The topological polar surface area (TPSA) is 90.9 Å². The van der Waals surface area contributed by atoms with Crippen molar-refractivity contribution in [3.63, 3.8) is 0 Å². The lowest BCUT2D eigenvalue weighted by Crippen LogP contribution is -2.42. The van der Waals surface area contributed by atoms with E-state index in [2.05, 4.69) is 43.0 Å². The number of ether oxygens (including phenoxy) is 1. The first-order valence-electron chi connectivity index (χ1n) is 10.5. The molecule has 1 saturated heterocycles. The van der Waals surface area contributed by atoms with Gasteiger partial charge in [0, 0.05) is 46.0 Å². The zero-order valence-electron chi connectivity index (χ0n) is 18.3. The zero-order chi connectivity index (χ0) is 21.1. The van der Waals surface area contributed by atoms with Gasteiger partial charge in [0.15, 0.2) is 5.96 Å². The molecule has 1 amide bonds. The number of amides is 1. The molecule has 162 valence electrons. The van der Waals surface area contributed by atoms with Crippen LogP contribution in [-0.2, 0) is 11.3 Å². The average Bonchev–Trinajstić information content (AvgIpc) is 2.96. The number of hydrogen-bond acceptors (Lipinski definition) is 5. The van der Waals surface area contributed by atoms with Crippen LogP contribution in [0.3, 0.4) is 0 Å². The van der Waals surface area contributed by atoms with Gasteiger partial charge in [0.1, 0.15) is 11.4 Å². The number of nitrogens with one attached hydrogen (secondary N) is 3. The third-order valence-corrected chi connectivity index (χ3v) is 4.51. The highest BCUT2D eigenvalue weighted by atomic mass is 16.6. The summed E-state index contributed by atoms with van der Waals surface area (Å²) in [6, 6.07) is 4.21. The van der Waals surface area contributed by atoms with Gasteiger partial charge in [0.25, 0.3) is 0 Å². The number of carbonyl (C=O) groups excluding carboxylic acids is 1. The SMILES string of the molecule is CN=C(NCCNC(=O)OC(C)(C)C)NCc1ccc(N2CCCCCC2)nc1. The van der Waals surface area contributed by atoms with Gasteiger partial charge in [-0.05, 0) is 45.2 Å². The van der Waals surface area contributed by atoms with Gasteiger partial charge in [-0.25, -0.2) is 9.78 Å². The number of guanidine groups is 1. The van der Waals surface area contributed by atoms with Crippen molar-refractivity contribution in [2.24, 2.45) is 4.99 Å². The predicted molar refractivity (Wildman–Crippen MR) is 117 cm³/mol. The van der Waals surface area contributed by atoms with E-state index in [9.17, 15) is 4.79 Å². The Hall–Kier alpha value is -2.51. The Balaban J connectivity index is 1.70. The highest BCUT2D eigenvalue weighted by Gasteiger charge is 2.15. The molecular formula is C21H36N6O2. The summed E-state index contributed by atoms with van der Waals surface area (Å²) in [7, 11) is 1.72. The van der Waals surface area contributed by atoms with E-state index in [0.717, 1.165) is 24.5 Å². The molecule has 1 aliphatic heterocycles. The van der Waals surface area contributed by atoms with Gasteiger partial charge in [-0.3, -0.25) is 4.99 Å². The van der Waals surface area contributed by atoms with E-state index in [0.29, 0.717) is 25.6 Å². The van der Waals surface area contributed by atoms with Crippen molar-refractivity contribution < 1.29 is 9.53 Å². The van der Waals surface area contributed by atoms with E-state index in [4.69, 9.17) is 4.74 Å². The zero-order valence-corrected chi connectivity index (χ0v) is 18.3. The van der Waals surface area contributed by atoms with Crippen LogP contribution in [0.1, 0.15) is 52.0 Å². The van der Waals surface area contributed by atoms with Crippen LogP contribution in [-0.4, -0.2) is 55.9 Å². The summed E-state index contributed by atoms with van der Waals surface area (Å²) >= 11 is 0. The third kappa shape index (κ3) is 9.02. The van der Waals surface area contributed by atoms with E-state index >= 15 is 0 Å². The number of nitrogens with zero attached hydrogens (tertiary/aromatic N) is 3. The van der Waals surface area contributed by atoms with Gasteiger partial charge in [-0.2, -0.15) is 0 Å². The summed E-state index contributed by atoms with van der Waals surface area (Å²) in [6.45, 7) is 9.33. The van der Waals surface area contributed by atoms with Gasteiger partial charge in [0.05, 0.1) is 0 Å². The number of rotatable bonds is 6. The van der Waals surface area contributed by atoms with Crippen molar-refractivity contribution >= 4 is 17.9 Å². The Morgan fingerprint density at radius 2 is 1.79 bits per heavy atom. The van der Waals surface area contributed by atoms with E-state index < -0.39 is 11.7 Å². The minimum atomic E-state index is -0.494. The lowest BCUT2D eigenvalue weighted by molar-refractivity contribution is 0.0529. The second-order valence-electron chi connectivity index (χ2n) is 8.21. The van der Waals surface area contributed by atoms with Crippen molar-refractivity contribution in [2.45, 2.75) is 58.6 Å². The number of aromatic nitrogens is 1. The molecule has 0 saturated carbocycles. The quantitative estimate of drug-likeness (QED) is 0.384. The molecule has 0 radical (unpaired) electrons. The molecule has 1 aromatic rings. The minimum Gasteiger partial charge on any atom is -0.444 e. The number of anilines is 1. The molecule has 0 atom stereocenters. The summed E-state index contributed by atoms with van der Waals surface area (Å²) in [5.41, 5.74) is 0.602. The molecule has 0 aliphatic carbocycles. The highest BCUT2D eigenvalue weighted by molar-refractivity contribution is 5.79. The molecule has 2 heterocycles. The first kappa shape index (κ1) is 22.8. The maximum absolute atomic E-state index is 11.6. The lowest BCUT2D eigenvalue weighted by Gasteiger charge is -2.21. The van der Waals surface area contributed by atoms with Gasteiger partial charge >= 0.3 is 6.09 Å². The van der Waals surface area contributed by atoms with Gasteiger partial charge < -0.3 is 25.6 Å². The van der Waals surface area contributed by atoms with Crippen LogP contribution in [0, 0.1) is 0 Å². The van der Waals surface area contributed by atoms with E-state index in [1.165, 1.54) is 25.7 Å². The van der Waals surface area contributed by atoms with Gasteiger partial charge in [-0.1, -0.05) is 18.9 Å². The fourth-order valence-electron chi connectivity index (χ4n) is 3.07. The minimum absolute atomic E-state index is 0.419. The molecule has 1 aromatic heterocycles. The van der Waals surface area contributed by atoms with Crippen LogP contribution in [0.4, 0.5) is 10.6 Å². The molecule has 2 rings (SSSR count). The number of carbonyl (C=O) groups is 1. The second kappa shape index (κ2) is 11.5. The molecule has 0 bridgehead atoms. The fourth-order valence-corrected chi connectivity index (χ4v) is 3.07. The number of aliphatic imine (C=N–C) groups is 1. The Kier molecular flexibility index (Phi) is 9.02. The Labute approximate surface area is 174 Å². The fraction of sp³-hybridized carbons (Fsp3) is 0.667. The molecule has 1 aliphatic rings. The van der Waals surface area contributed by atoms with Crippen LogP contribution in [0.15, 0.2) is 23.3 Å². The van der Waals surface area contributed by atoms with Crippen LogP contribution in [0.2, 0.25) is 0 Å². The maximum atomic E-state index is 11.6. The van der Waals surface area contributed by atoms with Crippen molar-refractivity contribution in [2.75, 3.05) is 38.1 Å². The van der Waals surface area contributed by atoms with Crippen LogP contribution in [0.5, 0.6) is 0 Å². The van der Waals surface area contributed by atoms with Crippen molar-refractivity contribution in [1.82, 2.24) is 20.9 Å². The monoisotopic (exact) mass is 404 g/mol. The van der Waals surface area contributed by atoms with Gasteiger partial charge in [-0.15, -0.1) is 0 Å². The molecule has 1 fully saturated rings. The number of alkyl carbamates (subject to hydrolysis) is 1. The number of hydrogen-bond donors (Lipinski definition) is 3. The largest absolute Gasteiger partial charge is 0.444 e. The van der Waals surface area contributed by atoms with Crippen molar-refractivity contribution in [3.05, 3.63) is 23.9 Å². The Bertz CT molecular complexity index is 646. The summed E-state index contributed by atoms with van der Waals surface area (Å²) in [6.07, 6.45) is 6.63. The van der Waals surface area contributed by atoms with Crippen LogP contribution >= 0.6 is 0 Å². The first-order valence-corrected chi connectivity index (χ1v) is 10.5. The van der Waals surface area contributed by atoms with E-state index in [-0.39, 0.29) is 0 Å². The summed E-state index contributed by atoms with van der Waals surface area (Å²) in [5.74, 6) is 1.74. The Morgan fingerprint density at radius 3 is 2.38 bits per heavy atom. The molecule has 0 unspecified atom stereocenters.